The van der Waals surface area contributed by atoms with E-state index < -0.39 is 17.7 Å². The number of likely N-dealkylation sites (tertiary alicyclic amines) is 1. The van der Waals surface area contributed by atoms with E-state index in [1.165, 1.54) is 25.4 Å². The number of rotatable bonds is 7. The van der Waals surface area contributed by atoms with Gasteiger partial charge in [-0.2, -0.15) is 0 Å². The van der Waals surface area contributed by atoms with Crippen LogP contribution in [0.3, 0.4) is 0 Å². The number of halogens is 1. The molecule has 0 saturated carbocycles. The summed E-state index contributed by atoms with van der Waals surface area (Å²) in [5.41, 5.74) is 1.12. The van der Waals surface area contributed by atoms with Crippen molar-refractivity contribution in [2.24, 2.45) is 0 Å². The minimum atomic E-state index is -0.886. The number of ketones is 1. The smallest absolute Gasteiger partial charge is 0.295 e. The van der Waals surface area contributed by atoms with Crippen molar-refractivity contribution in [2.75, 3.05) is 20.8 Å². The van der Waals surface area contributed by atoms with E-state index in [0.717, 1.165) is 5.56 Å². The number of hydrogen-bond acceptors (Lipinski definition) is 6. The number of carbonyl (C=O) groups is 2. The maximum absolute atomic E-state index is 13.1. The number of amides is 1. The number of methoxy groups -OCH3 is 2. The molecule has 1 fully saturated rings. The summed E-state index contributed by atoms with van der Waals surface area (Å²) in [6.45, 7) is 0.240. The van der Waals surface area contributed by atoms with Crippen LogP contribution < -0.4 is 9.47 Å². The molecular formula is C25H22ClNO6. The monoisotopic (exact) mass is 467 g/mol. The zero-order valence-corrected chi connectivity index (χ0v) is 18.8. The zero-order chi connectivity index (χ0) is 23.5. The van der Waals surface area contributed by atoms with Crippen LogP contribution in [0, 0.1) is 0 Å². The van der Waals surface area contributed by atoms with E-state index in [1.54, 1.807) is 42.5 Å². The van der Waals surface area contributed by atoms with Crippen LogP contribution in [-0.2, 0) is 16.0 Å². The fraction of sp³-hybridized carbons (Fsp3) is 0.200. The Morgan fingerprint density at radius 3 is 2.48 bits per heavy atom. The molecule has 2 aromatic carbocycles. The van der Waals surface area contributed by atoms with Crippen molar-refractivity contribution in [1.29, 1.82) is 0 Å². The van der Waals surface area contributed by atoms with E-state index in [2.05, 4.69) is 0 Å². The normalized spacial score (nSPS) is 17.4. The highest BCUT2D eigenvalue weighted by Crippen LogP contribution is 2.41. The minimum absolute atomic E-state index is 0.0717. The first-order valence-electron chi connectivity index (χ1n) is 10.2. The Balaban J connectivity index is 1.78. The van der Waals surface area contributed by atoms with Gasteiger partial charge in [-0.1, -0.05) is 23.7 Å². The fourth-order valence-electron chi connectivity index (χ4n) is 3.90. The minimum Gasteiger partial charge on any atom is -0.507 e. The van der Waals surface area contributed by atoms with Gasteiger partial charge in [-0.3, -0.25) is 9.59 Å². The molecule has 1 unspecified atom stereocenters. The third kappa shape index (κ3) is 4.32. The van der Waals surface area contributed by atoms with Crippen molar-refractivity contribution in [3.05, 3.63) is 88.3 Å². The summed E-state index contributed by atoms with van der Waals surface area (Å²) < 4.78 is 16.2. The van der Waals surface area contributed by atoms with Crippen molar-refractivity contribution in [1.82, 2.24) is 4.90 Å². The second kappa shape index (κ2) is 9.42. The average Bonchev–Trinajstić information content (AvgIpc) is 3.45. The van der Waals surface area contributed by atoms with E-state index >= 15 is 0 Å². The SMILES string of the molecule is COc1ccc(OC)c(/C(O)=C2/C(=O)C(=O)N(CCc3ccc(Cl)cc3)C2c2ccco2)c1. The van der Waals surface area contributed by atoms with Crippen molar-refractivity contribution in [3.8, 4) is 11.5 Å². The summed E-state index contributed by atoms with van der Waals surface area (Å²) in [5, 5.41) is 11.8. The predicted molar refractivity (Wildman–Crippen MR) is 122 cm³/mol. The lowest BCUT2D eigenvalue weighted by molar-refractivity contribution is -0.140. The molecule has 0 radical (unpaired) electrons. The average molecular weight is 468 g/mol. The number of benzene rings is 2. The first-order chi connectivity index (χ1) is 15.9. The molecule has 1 N–H and O–H groups in total. The Morgan fingerprint density at radius 1 is 1.09 bits per heavy atom. The molecular weight excluding hydrogens is 446 g/mol. The molecule has 0 bridgehead atoms. The van der Waals surface area contributed by atoms with Gasteiger partial charge in [0.25, 0.3) is 11.7 Å². The van der Waals surface area contributed by atoms with Crippen LogP contribution in [0.1, 0.15) is 22.9 Å². The number of Topliss-reactive ketones (excluding diaryl/α,β-unsaturated/α-hetero) is 1. The van der Waals surface area contributed by atoms with Gasteiger partial charge < -0.3 is 23.9 Å². The van der Waals surface area contributed by atoms with Crippen molar-refractivity contribution in [3.63, 3.8) is 0 Å². The summed E-state index contributed by atoms with van der Waals surface area (Å²) in [5.74, 6) is -0.709. The van der Waals surface area contributed by atoms with E-state index in [0.29, 0.717) is 28.7 Å². The molecule has 170 valence electrons. The van der Waals surface area contributed by atoms with E-state index in [1.807, 2.05) is 12.1 Å². The number of furan rings is 1. The van der Waals surface area contributed by atoms with E-state index in [-0.39, 0.29) is 23.4 Å². The van der Waals surface area contributed by atoms with Crippen molar-refractivity contribution >= 4 is 29.1 Å². The van der Waals surface area contributed by atoms with Crippen LogP contribution in [0.4, 0.5) is 0 Å². The molecule has 1 amide bonds. The molecule has 0 spiro atoms. The van der Waals surface area contributed by atoms with Gasteiger partial charge in [-0.05, 0) is 54.4 Å². The molecule has 0 aliphatic carbocycles. The molecule has 33 heavy (non-hydrogen) atoms. The fourth-order valence-corrected chi connectivity index (χ4v) is 4.02. The Bertz CT molecular complexity index is 1200. The number of nitrogens with zero attached hydrogens (tertiary/aromatic N) is 1. The summed E-state index contributed by atoms with van der Waals surface area (Å²) in [7, 11) is 2.94. The van der Waals surface area contributed by atoms with Gasteiger partial charge in [-0.25, -0.2) is 0 Å². The summed E-state index contributed by atoms with van der Waals surface area (Å²) in [4.78, 5) is 27.5. The summed E-state index contributed by atoms with van der Waals surface area (Å²) in [6, 6.07) is 14.6. The van der Waals surface area contributed by atoms with Gasteiger partial charge in [-0.15, -0.1) is 0 Å². The third-order valence-corrected chi connectivity index (χ3v) is 5.82. The Hall–Kier alpha value is -3.71. The topological polar surface area (TPSA) is 89.2 Å². The van der Waals surface area contributed by atoms with Crippen LogP contribution in [0.5, 0.6) is 11.5 Å². The van der Waals surface area contributed by atoms with Crippen LogP contribution in [0.15, 0.2) is 70.9 Å². The van der Waals surface area contributed by atoms with Gasteiger partial charge >= 0.3 is 0 Å². The van der Waals surface area contributed by atoms with Gasteiger partial charge in [0.2, 0.25) is 0 Å². The Labute approximate surface area is 195 Å². The number of ether oxygens (including phenoxy) is 2. The molecule has 1 saturated heterocycles. The molecule has 7 nitrogen and oxygen atoms in total. The van der Waals surface area contributed by atoms with E-state index in [4.69, 9.17) is 25.5 Å². The summed E-state index contributed by atoms with van der Waals surface area (Å²) >= 11 is 5.96. The molecule has 2 heterocycles. The van der Waals surface area contributed by atoms with Crippen LogP contribution in [0.25, 0.3) is 5.76 Å². The quantitative estimate of drug-likeness (QED) is 0.310. The molecule has 1 atom stereocenters. The number of aliphatic hydroxyl groups is 1. The highest BCUT2D eigenvalue weighted by atomic mass is 35.5. The lowest BCUT2D eigenvalue weighted by Crippen LogP contribution is -2.31. The molecule has 1 aliphatic rings. The van der Waals surface area contributed by atoms with Crippen molar-refractivity contribution < 1.29 is 28.6 Å². The standard InChI is InChI=1S/C25H22ClNO6/c1-31-17-9-10-19(32-2)18(14-17)23(28)21-22(20-4-3-13-33-20)27(25(30)24(21)29)12-11-15-5-7-16(26)8-6-15/h3-10,13-14,22,28H,11-12H2,1-2H3/b23-21-. The van der Waals surface area contributed by atoms with E-state index in [9.17, 15) is 14.7 Å². The van der Waals surface area contributed by atoms with Gasteiger partial charge in [0.15, 0.2) is 0 Å². The first-order valence-corrected chi connectivity index (χ1v) is 10.6. The maximum Gasteiger partial charge on any atom is 0.295 e. The highest BCUT2D eigenvalue weighted by Gasteiger charge is 2.47. The molecule has 8 heteroatoms. The van der Waals surface area contributed by atoms with Crippen LogP contribution >= 0.6 is 11.6 Å². The number of aliphatic hydroxyl groups excluding tert-OH is 1. The second-order valence-corrected chi connectivity index (χ2v) is 7.89. The lowest BCUT2D eigenvalue weighted by Gasteiger charge is -2.23. The Morgan fingerprint density at radius 2 is 1.85 bits per heavy atom. The maximum atomic E-state index is 13.1. The highest BCUT2D eigenvalue weighted by molar-refractivity contribution is 6.46. The Kier molecular flexibility index (Phi) is 6.42. The van der Waals surface area contributed by atoms with Crippen LogP contribution in [0.2, 0.25) is 5.02 Å². The largest absolute Gasteiger partial charge is 0.507 e. The second-order valence-electron chi connectivity index (χ2n) is 7.45. The van der Waals surface area contributed by atoms with Crippen molar-refractivity contribution in [2.45, 2.75) is 12.5 Å². The lowest BCUT2D eigenvalue weighted by atomic mass is 9.98. The molecule has 3 aromatic rings. The third-order valence-electron chi connectivity index (χ3n) is 5.57. The molecule has 1 aliphatic heterocycles. The number of carbonyl (C=O) groups excluding carboxylic acids is 2. The zero-order valence-electron chi connectivity index (χ0n) is 18.1. The summed E-state index contributed by atoms with van der Waals surface area (Å²) in [6.07, 6.45) is 1.95. The van der Waals surface area contributed by atoms with Gasteiger partial charge in [0, 0.05) is 11.6 Å². The molecule has 1 aromatic heterocycles. The van der Waals surface area contributed by atoms with Gasteiger partial charge in [0.05, 0.1) is 31.6 Å². The van der Waals surface area contributed by atoms with Crippen LogP contribution in [-0.4, -0.2) is 42.5 Å². The van der Waals surface area contributed by atoms with Gasteiger partial charge in [0.1, 0.15) is 29.1 Å². The first kappa shape index (κ1) is 22.5. The molecule has 4 rings (SSSR count). The predicted octanol–water partition coefficient (Wildman–Crippen LogP) is 4.61. The number of hydrogen-bond donors (Lipinski definition) is 1.